The number of hydrogen-bond donors (Lipinski definition) is 0. The van der Waals surface area contributed by atoms with Crippen LogP contribution in [0.25, 0.3) is 6.08 Å². The van der Waals surface area contributed by atoms with E-state index in [2.05, 4.69) is 15.9 Å². The summed E-state index contributed by atoms with van der Waals surface area (Å²) in [5.74, 6) is -1.28. The van der Waals surface area contributed by atoms with Crippen LogP contribution in [0.4, 0.5) is 8.78 Å². The van der Waals surface area contributed by atoms with Crippen molar-refractivity contribution in [3.8, 4) is 5.75 Å². The molecule has 1 amide bonds. The van der Waals surface area contributed by atoms with E-state index in [0.717, 1.165) is 6.07 Å². The molecule has 1 aliphatic rings. The topological polar surface area (TPSA) is 55.8 Å². The molecule has 0 aromatic heterocycles. The summed E-state index contributed by atoms with van der Waals surface area (Å²) in [7, 11) is 0. The molecule has 0 N–H and O–H groups in total. The number of hydrogen-bond acceptors (Lipinski definition) is 4. The number of benzene rings is 2. The highest BCUT2D eigenvalue weighted by atomic mass is 79.9. The fourth-order valence-electron chi connectivity index (χ4n) is 2.97. The molecular weight excluding hydrogens is 460 g/mol. The van der Waals surface area contributed by atoms with Crippen LogP contribution in [0.3, 0.4) is 0 Å². The second-order valence-electron chi connectivity index (χ2n) is 6.79. The number of Topliss-reactive ketones (excluding diaryl/α,β-unsaturated/α-hetero) is 1. The Kier molecular flexibility index (Phi) is 7.33. The highest BCUT2D eigenvalue weighted by Crippen LogP contribution is 2.19. The monoisotopic (exact) mass is 479 g/mol. The number of ketones is 1. The molecule has 158 valence electrons. The predicted octanol–water partition coefficient (Wildman–Crippen LogP) is 4.25. The molecule has 0 bridgehead atoms. The number of nitrogens with zero attached hydrogens (tertiary/aromatic N) is 1. The van der Waals surface area contributed by atoms with Crippen LogP contribution in [0, 0.1) is 11.6 Å². The molecule has 0 radical (unpaired) electrons. The average Bonchev–Trinajstić information content (AvgIpc) is 2.73. The lowest BCUT2D eigenvalue weighted by Crippen LogP contribution is -2.47. The zero-order chi connectivity index (χ0) is 21.7. The van der Waals surface area contributed by atoms with Gasteiger partial charge in [-0.2, -0.15) is 0 Å². The van der Waals surface area contributed by atoms with Crippen molar-refractivity contribution in [2.24, 2.45) is 0 Å². The molecule has 5 nitrogen and oxygen atoms in total. The number of halogens is 3. The molecule has 1 saturated heterocycles. The first-order valence-corrected chi connectivity index (χ1v) is 10.1. The quantitative estimate of drug-likeness (QED) is 0.459. The molecule has 1 fully saturated rings. The Balaban J connectivity index is 1.55. The van der Waals surface area contributed by atoms with Crippen LogP contribution in [0.5, 0.6) is 5.75 Å². The Hall–Kier alpha value is -2.58. The van der Waals surface area contributed by atoms with Crippen LogP contribution in [-0.2, 0) is 9.53 Å². The molecule has 1 atom stereocenters. The van der Waals surface area contributed by atoms with E-state index in [4.69, 9.17) is 9.47 Å². The van der Waals surface area contributed by atoms with Crippen molar-refractivity contribution in [2.45, 2.75) is 13.0 Å². The van der Waals surface area contributed by atoms with Crippen molar-refractivity contribution in [3.05, 3.63) is 69.7 Å². The normalized spacial score (nSPS) is 16.7. The maximum atomic E-state index is 13.9. The number of carbonyl (C=O) groups excluding carboxylic acids is 2. The van der Waals surface area contributed by atoms with Gasteiger partial charge in [-0.25, -0.2) is 8.78 Å². The lowest BCUT2D eigenvalue weighted by molar-refractivity contribution is -0.134. The minimum atomic E-state index is -0.640. The number of amides is 1. The summed E-state index contributed by atoms with van der Waals surface area (Å²) in [6, 6.07) is 8.55. The molecular formula is C22H20BrF2NO4. The molecule has 1 aliphatic heterocycles. The Labute approximate surface area is 181 Å². The summed E-state index contributed by atoms with van der Waals surface area (Å²) in [6.45, 7) is 2.55. The summed E-state index contributed by atoms with van der Waals surface area (Å²) < 4.78 is 38.7. The van der Waals surface area contributed by atoms with Gasteiger partial charge in [0, 0.05) is 18.7 Å². The van der Waals surface area contributed by atoms with Gasteiger partial charge in [-0.3, -0.25) is 9.59 Å². The molecule has 1 unspecified atom stereocenters. The maximum Gasteiger partial charge on any atom is 0.246 e. The van der Waals surface area contributed by atoms with E-state index in [1.807, 2.05) is 0 Å². The van der Waals surface area contributed by atoms with E-state index in [0.29, 0.717) is 29.7 Å². The summed E-state index contributed by atoms with van der Waals surface area (Å²) in [6.07, 6.45) is 2.68. The SMILES string of the molecule is CC(=O)c1ccc(OCC2CN(C(=O)/C=C/c3ccc(F)c(Br)c3)CCO2)cc1F. The third kappa shape index (κ3) is 5.73. The van der Waals surface area contributed by atoms with Crippen LogP contribution in [-0.4, -0.2) is 49.0 Å². The molecule has 2 aromatic carbocycles. The van der Waals surface area contributed by atoms with E-state index in [1.165, 1.54) is 31.2 Å². The van der Waals surface area contributed by atoms with Crippen molar-refractivity contribution in [1.29, 1.82) is 0 Å². The average molecular weight is 480 g/mol. The lowest BCUT2D eigenvalue weighted by atomic mass is 10.1. The van der Waals surface area contributed by atoms with Crippen LogP contribution in [0.2, 0.25) is 0 Å². The molecule has 1 heterocycles. The Morgan fingerprint density at radius 2 is 2.03 bits per heavy atom. The Morgan fingerprint density at radius 3 is 2.73 bits per heavy atom. The second-order valence-corrected chi connectivity index (χ2v) is 7.65. The number of morpholine rings is 1. The van der Waals surface area contributed by atoms with Gasteiger partial charge in [-0.05, 0) is 58.8 Å². The van der Waals surface area contributed by atoms with Gasteiger partial charge < -0.3 is 14.4 Å². The first-order chi connectivity index (χ1) is 14.3. The summed E-state index contributed by atoms with van der Waals surface area (Å²) in [5, 5.41) is 0. The molecule has 30 heavy (non-hydrogen) atoms. The van der Waals surface area contributed by atoms with Crippen molar-refractivity contribution < 1.29 is 27.8 Å². The number of rotatable bonds is 6. The number of carbonyl (C=O) groups is 2. The van der Waals surface area contributed by atoms with Gasteiger partial charge in [0.15, 0.2) is 5.78 Å². The first kappa shape index (κ1) is 22.1. The Morgan fingerprint density at radius 1 is 1.23 bits per heavy atom. The largest absolute Gasteiger partial charge is 0.491 e. The zero-order valence-corrected chi connectivity index (χ0v) is 17.8. The van der Waals surface area contributed by atoms with Crippen LogP contribution >= 0.6 is 15.9 Å². The van der Waals surface area contributed by atoms with Gasteiger partial charge in [0.25, 0.3) is 0 Å². The summed E-state index contributed by atoms with van der Waals surface area (Å²) in [4.78, 5) is 25.4. The molecule has 0 aliphatic carbocycles. The van der Waals surface area contributed by atoms with Gasteiger partial charge in [-0.15, -0.1) is 0 Å². The van der Waals surface area contributed by atoms with Gasteiger partial charge in [-0.1, -0.05) is 6.07 Å². The van der Waals surface area contributed by atoms with E-state index in [-0.39, 0.29) is 41.5 Å². The number of ether oxygens (including phenoxy) is 2. The van der Waals surface area contributed by atoms with Gasteiger partial charge in [0.1, 0.15) is 30.1 Å². The van der Waals surface area contributed by atoms with Crippen molar-refractivity contribution in [1.82, 2.24) is 4.90 Å². The van der Waals surface area contributed by atoms with Gasteiger partial charge in [0.2, 0.25) is 5.91 Å². The highest BCUT2D eigenvalue weighted by molar-refractivity contribution is 9.10. The van der Waals surface area contributed by atoms with E-state index >= 15 is 0 Å². The molecule has 3 rings (SSSR count). The van der Waals surface area contributed by atoms with Crippen LogP contribution < -0.4 is 4.74 Å². The smallest absolute Gasteiger partial charge is 0.246 e. The molecule has 8 heteroatoms. The van der Waals surface area contributed by atoms with Crippen molar-refractivity contribution in [3.63, 3.8) is 0 Å². The fraction of sp³-hybridized carbons (Fsp3) is 0.273. The second kappa shape index (κ2) is 9.95. The van der Waals surface area contributed by atoms with Gasteiger partial charge in [0.05, 0.1) is 23.2 Å². The zero-order valence-electron chi connectivity index (χ0n) is 16.2. The predicted molar refractivity (Wildman–Crippen MR) is 111 cm³/mol. The minimum absolute atomic E-state index is 0.00742. The standard InChI is InChI=1S/C22H20BrF2NO4/c1-14(27)18-5-4-16(11-21(18)25)30-13-17-12-26(8-9-29-17)22(28)7-3-15-2-6-20(24)19(23)10-15/h2-7,10-11,17H,8-9,12-13H2,1H3/b7-3+. The Bertz CT molecular complexity index is 980. The van der Waals surface area contributed by atoms with Gasteiger partial charge >= 0.3 is 0 Å². The fourth-order valence-corrected chi connectivity index (χ4v) is 3.37. The van der Waals surface area contributed by atoms with Crippen LogP contribution in [0.15, 0.2) is 46.9 Å². The van der Waals surface area contributed by atoms with E-state index in [1.54, 1.807) is 23.1 Å². The van der Waals surface area contributed by atoms with Crippen molar-refractivity contribution >= 4 is 33.7 Å². The summed E-state index contributed by atoms with van der Waals surface area (Å²) >= 11 is 3.11. The molecule has 0 spiro atoms. The molecule has 2 aromatic rings. The third-order valence-electron chi connectivity index (χ3n) is 4.57. The van der Waals surface area contributed by atoms with E-state index in [9.17, 15) is 18.4 Å². The maximum absolute atomic E-state index is 13.9. The van der Waals surface area contributed by atoms with E-state index < -0.39 is 5.82 Å². The third-order valence-corrected chi connectivity index (χ3v) is 5.18. The molecule has 0 saturated carbocycles. The minimum Gasteiger partial charge on any atom is -0.491 e. The lowest BCUT2D eigenvalue weighted by Gasteiger charge is -2.32. The highest BCUT2D eigenvalue weighted by Gasteiger charge is 2.23. The summed E-state index contributed by atoms with van der Waals surface area (Å²) in [5.41, 5.74) is 0.703. The van der Waals surface area contributed by atoms with Crippen molar-refractivity contribution in [2.75, 3.05) is 26.3 Å². The first-order valence-electron chi connectivity index (χ1n) is 9.30. The van der Waals surface area contributed by atoms with Crippen LogP contribution in [0.1, 0.15) is 22.8 Å².